The van der Waals surface area contributed by atoms with Crippen LogP contribution in [0.25, 0.3) is 0 Å². The number of nitrogens with one attached hydrogen (secondary N) is 1. The molecule has 1 saturated heterocycles. The maximum atomic E-state index is 14.2. The Morgan fingerprint density at radius 1 is 1.20 bits per heavy atom. The van der Waals surface area contributed by atoms with Crippen molar-refractivity contribution in [1.29, 1.82) is 0 Å². The Hall–Kier alpha value is -1.16. The van der Waals surface area contributed by atoms with Crippen molar-refractivity contribution in [2.45, 2.75) is 39.7 Å². The van der Waals surface area contributed by atoms with Crippen LogP contribution in [0.4, 0.5) is 14.5 Å². The van der Waals surface area contributed by atoms with Crippen LogP contribution in [0.2, 0.25) is 0 Å². The molecule has 1 unspecified atom stereocenters. The summed E-state index contributed by atoms with van der Waals surface area (Å²) in [6.45, 7) is 6.94. The molecular formula is C16H24F2N2. The summed E-state index contributed by atoms with van der Waals surface area (Å²) in [6.07, 6.45) is 3.13. The third kappa shape index (κ3) is 3.69. The van der Waals surface area contributed by atoms with Crippen LogP contribution in [0.15, 0.2) is 12.1 Å². The quantitative estimate of drug-likeness (QED) is 0.906. The molecule has 1 fully saturated rings. The van der Waals surface area contributed by atoms with Crippen molar-refractivity contribution in [3.63, 3.8) is 0 Å². The molecule has 2 nitrogen and oxygen atoms in total. The molecule has 0 saturated carbocycles. The van der Waals surface area contributed by atoms with E-state index in [1.54, 1.807) is 0 Å². The SMILES string of the molecule is CCNCc1cc(F)c(N2CCCC(C)CC2)c(F)c1. The fourth-order valence-electron chi connectivity index (χ4n) is 2.78. The van der Waals surface area contributed by atoms with E-state index in [0.717, 1.165) is 38.9 Å². The van der Waals surface area contributed by atoms with Gasteiger partial charge in [-0.05, 0) is 49.4 Å². The predicted molar refractivity (Wildman–Crippen MR) is 79.0 cm³/mol. The third-order valence-electron chi connectivity index (χ3n) is 3.99. The summed E-state index contributed by atoms with van der Waals surface area (Å²) in [5, 5.41) is 3.09. The Kier molecular flexibility index (Phi) is 5.35. The van der Waals surface area contributed by atoms with Gasteiger partial charge in [-0.15, -0.1) is 0 Å². The summed E-state index contributed by atoms with van der Waals surface area (Å²) in [6, 6.07) is 2.91. The summed E-state index contributed by atoms with van der Waals surface area (Å²) in [5.41, 5.74) is 0.813. The molecule has 1 aliphatic heterocycles. The lowest BCUT2D eigenvalue weighted by Crippen LogP contribution is -2.26. The zero-order chi connectivity index (χ0) is 14.5. The minimum Gasteiger partial charge on any atom is -0.367 e. The van der Waals surface area contributed by atoms with Crippen LogP contribution in [-0.4, -0.2) is 19.6 Å². The molecule has 2 rings (SSSR count). The van der Waals surface area contributed by atoms with Gasteiger partial charge in [0.1, 0.15) is 17.3 Å². The minimum atomic E-state index is -0.438. The average molecular weight is 282 g/mol. The fourth-order valence-corrected chi connectivity index (χ4v) is 2.78. The summed E-state index contributed by atoms with van der Waals surface area (Å²) in [5.74, 6) is -0.237. The molecular weight excluding hydrogens is 258 g/mol. The van der Waals surface area contributed by atoms with Gasteiger partial charge in [-0.25, -0.2) is 8.78 Å². The smallest absolute Gasteiger partial charge is 0.149 e. The van der Waals surface area contributed by atoms with E-state index in [1.807, 2.05) is 11.8 Å². The molecule has 1 atom stereocenters. The fraction of sp³-hybridized carbons (Fsp3) is 0.625. The Morgan fingerprint density at radius 2 is 1.90 bits per heavy atom. The highest BCUT2D eigenvalue weighted by atomic mass is 19.1. The van der Waals surface area contributed by atoms with Gasteiger partial charge in [0.15, 0.2) is 0 Å². The molecule has 112 valence electrons. The van der Waals surface area contributed by atoms with Gasteiger partial charge >= 0.3 is 0 Å². The summed E-state index contributed by atoms with van der Waals surface area (Å²) in [7, 11) is 0. The van der Waals surface area contributed by atoms with Crippen molar-refractivity contribution in [2.24, 2.45) is 5.92 Å². The lowest BCUT2D eigenvalue weighted by molar-refractivity contribution is 0.519. The van der Waals surface area contributed by atoms with Crippen molar-refractivity contribution in [3.05, 3.63) is 29.3 Å². The lowest BCUT2D eigenvalue weighted by Gasteiger charge is -2.24. The predicted octanol–water partition coefficient (Wildman–Crippen LogP) is 3.70. The van der Waals surface area contributed by atoms with Crippen molar-refractivity contribution < 1.29 is 8.78 Å². The van der Waals surface area contributed by atoms with E-state index in [-0.39, 0.29) is 5.69 Å². The minimum absolute atomic E-state index is 0.152. The largest absolute Gasteiger partial charge is 0.367 e. The number of nitrogens with zero attached hydrogens (tertiary/aromatic N) is 1. The van der Waals surface area contributed by atoms with Crippen LogP contribution in [0.1, 0.15) is 38.7 Å². The third-order valence-corrected chi connectivity index (χ3v) is 3.99. The second kappa shape index (κ2) is 7.02. The number of hydrogen-bond donors (Lipinski definition) is 1. The average Bonchev–Trinajstić information content (AvgIpc) is 2.61. The first-order valence-corrected chi connectivity index (χ1v) is 7.55. The van der Waals surface area contributed by atoms with Gasteiger partial charge in [-0.3, -0.25) is 0 Å². The molecule has 0 aromatic heterocycles. The first kappa shape index (κ1) is 15.2. The Bertz CT molecular complexity index is 425. The van der Waals surface area contributed by atoms with Crippen molar-refractivity contribution >= 4 is 5.69 Å². The van der Waals surface area contributed by atoms with E-state index >= 15 is 0 Å². The number of rotatable bonds is 4. The monoisotopic (exact) mass is 282 g/mol. The van der Waals surface area contributed by atoms with Gasteiger partial charge in [0.05, 0.1) is 0 Å². The highest BCUT2D eigenvalue weighted by Crippen LogP contribution is 2.28. The highest BCUT2D eigenvalue weighted by molar-refractivity contribution is 5.51. The molecule has 1 aromatic carbocycles. The van der Waals surface area contributed by atoms with Crippen molar-refractivity contribution in [3.8, 4) is 0 Å². The zero-order valence-corrected chi connectivity index (χ0v) is 12.4. The van der Waals surface area contributed by atoms with E-state index in [0.29, 0.717) is 18.0 Å². The van der Waals surface area contributed by atoms with Crippen LogP contribution < -0.4 is 10.2 Å². The molecule has 1 N–H and O–H groups in total. The van der Waals surface area contributed by atoms with Gasteiger partial charge < -0.3 is 10.2 Å². The molecule has 4 heteroatoms. The van der Waals surface area contributed by atoms with Gasteiger partial charge in [-0.2, -0.15) is 0 Å². The topological polar surface area (TPSA) is 15.3 Å². The zero-order valence-electron chi connectivity index (χ0n) is 12.4. The number of anilines is 1. The first-order chi connectivity index (χ1) is 9.61. The van der Waals surface area contributed by atoms with E-state index < -0.39 is 11.6 Å². The van der Waals surface area contributed by atoms with Crippen LogP contribution in [0.3, 0.4) is 0 Å². The van der Waals surface area contributed by atoms with Gasteiger partial charge in [0, 0.05) is 19.6 Å². The normalized spacial score (nSPS) is 20.0. The second-order valence-electron chi connectivity index (χ2n) is 5.71. The Labute approximate surface area is 120 Å². The van der Waals surface area contributed by atoms with Crippen molar-refractivity contribution in [1.82, 2.24) is 5.32 Å². The highest BCUT2D eigenvalue weighted by Gasteiger charge is 2.21. The number of halogens is 2. The van der Waals surface area contributed by atoms with Crippen molar-refractivity contribution in [2.75, 3.05) is 24.5 Å². The second-order valence-corrected chi connectivity index (χ2v) is 5.71. The van der Waals surface area contributed by atoms with E-state index in [9.17, 15) is 8.78 Å². The lowest BCUT2D eigenvalue weighted by atomic mass is 10.0. The van der Waals surface area contributed by atoms with Crippen LogP contribution in [-0.2, 0) is 6.54 Å². The molecule has 20 heavy (non-hydrogen) atoms. The molecule has 0 bridgehead atoms. The number of hydrogen-bond acceptors (Lipinski definition) is 2. The first-order valence-electron chi connectivity index (χ1n) is 7.55. The molecule has 0 radical (unpaired) electrons. The number of benzene rings is 1. The maximum absolute atomic E-state index is 14.2. The maximum Gasteiger partial charge on any atom is 0.149 e. The van der Waals surface area contributed by atoms with Gasteiger partial charge in [0.2, 0.25) is 0 Å². The molecule has 1 aliphatic rings. The Balaban J connectivity index is 2.18. The van der Waals surface area contributed by atoms with E-state index in [1.165, 1.54) is 12.1 Å². The summed E-state index contributed by atoms with van der Waals surface area (Å²) >= 11 is 0. The summed E-state index contributed by atoms with van der Waals surface area (Å²) < 4.78 is 28.5. The standard InChI is InChI=1S/C16H24F2N2/c1-3-19-11-13-9-14(17)16(15(18)10-13)20-7-4-5-12(2)6-8-20/h9-10,12,19H,3-8,11H2,1-2H3. The van der Waals surface area contributed by atoms with E-state index in [2.05, 4.69) is 12.2 Å². The van der Waals surface area contributed by atoms with Gasteiger partial charge in [0.25, 0.3) is 0 Å². The van der Waals surface area contributed by atoms with Crippen LogP contribution >= 0.6 is 0 Å². The Morgan fingerprint density at radius 3 is 2.55 bits per heavy atom. The molecule has 1 aromatic rings. The molecule has 0 amide bonds. The molecule has 0 spiro atoms. The van der Waals surface area contributed by atoms with Crippen LogP contribution in [0.5, 0.6) is 0 Å². The van der Waals surface area contributed by atoms with Gasteiger partial charge in [-0.1, -0.05) is 13.8 Å². The molecule has 0 aliphatic carbocycles. The molecule has 1 heterocycles. The summed E-state index contributed by atoms with van der Waals surface area (Å²) in [4.78, 5) is 1.87. The van der Waals surface area contributed by atoms with E-state index in [4.69, 9.17) is 0 Å². The van der Waals surface area contributed by atoms with Crippen LogP contribution in [0, 0.1) is 17.6 Å².